The van der Waals surface area contributed by atoms with Crippen LogP contribution in [-0.4, -0.2) is 69.2 Å². The van der Waals surface area contributed by atoms with Crippen molar-refractivity contribution in [1.29, 1.82) is 0 Å². The van der Waals surface area contributed by atoms with Crippen LogP contribution in [-0.2, 0) is 19.2 Å². The number of fused-ring (bicyclic) bond motifs is 1. The Morgan fingerprint density at radius 1 is 0.833 bits per heavy atom. The fraction of sp³-hybridized carbons (Fsp3) is 0.520. The van der Waals surface area contributed by atoms with Gasteiger partial charge in [0.1, 0.15) is 17.9 Å². The number of nitrogens with two attached hydrogens (primary N) is 1. The van der Waals surface area contributed by atoms with E-state index in [4.69, 9.17) is 10.8 Å². The van der Waals surface area contributed by atoms with Gasteiger partial charge >= 0.3 is 11.9 Å². The minimum absolute atomic E-state index is 0.000389. The van der Waals surface area contributed by atoms with E-state index in [1.165, 1.54) is 6.92 Å². The normalized spacial score (nSPS) is 13.9. The number of carboxylic acid groups (broad SMARTS) is 2. The molecule has 1 aromatic rings. The van der Waals surface area contributed by atoms with Crippen LogP contribution in [0.2, 0.25) is 0 Å². The summed E-state index contributed by atoms with van der Waals surface area (Å²) >= 11 is 0. The van der Waals surface area contributed by atoms with E-state index in [9.17, 15) is 33.9 Å². The maximum absolute atomic E-state index is 12.8. The molecule has 1 aliphatic rings. The van der Waals surface area contributed by atoms with Gasteiger partial charge in [0.2, 0.25) is 5.91 Å². The van der Waals surface area contributed by atoms with Crippen LogP contribution in [0.3, 0.4) is 0 Å². The van der Waals surface area contributed by atoms with Gasteiger partial charge in [-0.15, -0.1) is 0 Å². The van der Waals surface area contributed by atoms with Crippen molar-refractivity contribution in [3.05, 3.63) is 33.4 Å². The lowest BCUT2D eigenvalue weighted by atomic mass is 9.90. The Hall–Kier alpha value is -3.60. The molecule has 36 heavy (non-hydrogen) atoms. The standard InChI is InChI=1S/C18H21NO5.C7H14N2O3/c1-8(20)6-7-13(18(23)24)19-16(21)14-11(4)9(2)10(3)12(5)15(14)17(19)22;1-2-9-6(10)4-3-5(8)7(11)12/h13H,6-7H2,1-5H3,(H,23,24);5H,2-4,8H2,1H3,(H,9,10)(H,11,12). The molecule has 1 heterocycles. The molecule has 0 saturated heterocycles. The molecule has 0 radical (unpaired) electrons. The molecule has 11 heteroatoms. The number of ketones is 1. The Morgan fingerprint density at radius 2 is 1.31 bits per heavy atom. The van der Waals surface area contributed by atoms with Crippen molar-refractivity contribution in [2.75, 3.05) is 6.54 Å². The first-order valence-electron chi connectivity index (χ1n) is 11.6. The molecule has 0 aliphatic carbocycles. The van der Waals surface area contributed by atoms with Crippen LogP contribution in [0.5, 0.6) is 0 Å². The minimum Gasteiger partial charge on any atom is -0.480 e. The number of imide groups is 1. The van der Waals surface area contributed by atoms with Gasteiger partial charge in [0.15, 0.2) is 0 Å². The summed E-state index contributed by atoms with van der Waals surface area (Å²) in [6.07, 6.45) is 0.273. The number of amides is 3. The van der Waals surface area contributed by atoms with Crippen molar-refractivity contribution >= 4 is 35.4 Å². The average molecular weight is 506 g/mol. The fourth-order valence-electron chi connectivity index (χ4n) is 3.86. The maximum atomic E-state index is 12.8. The highest BCUT2D eigenvalue weighted by atomic mass is 16.4. The zero-order valence-electron chi connectivity index (χ0n) is 21.6. The van der Waals surface area contributed by atoms with Crippen LogP contribution in [0, 0.1) is 27.7 Å². The van der Waals surface area contributed by atoms with E-state index >= 15 is 0 Å². The average Bonchev–Trinajstić information content (AvgIpc) is 3.05. The predicted molar refractivity (Wildman–Crippen MR) is 131 cm³/mol. The molecule has 2 atom stereocenters. The number of carbonyl (C=O) groups excluding carboxylic acids is 4. The van der Waals surface area contributed by atoms with Crippen LogP contribution in [0.15, 0.2) is 0 Å². The van der Waals surface area contributed by atoms with Gasteiger partial charge in [0, 0.05) is 19.4 Å². The summed E-state index contributed by atoms with van der Waals surface area (Å²) in [5, 5.41) is 20.4. The Kier molecular flexibility index (Phi) is 10.9. The second-order valence-corrected chi connectivity index (χ2v) is 8.76. The summed E-state index contributed by atoms with van der Waals surface area (Å²) in [5.74, 6) is -3.87. The number of aliphatic carboxylic acids is 2. The highest BCUT2D eigenvalue weighted by Gasteiger charge is 2.45. The van der Waals surface area contributed by atoms with E-state index in [1.807, 2.05) is 13.8 Å². The van der Waals surface area contributed by atoms with Gasteiger partial charge in [-0.05, 0) is 76.6 Å². The van der Waals surface area contributed by atoms with Crippen LogP contribution < -0.4 is 11.1 Å². The van der Waals surface area contributed by atoms with Crippen LogP contribution in [0.25, 0.3) is 0 Å². The van der Waals surface area contributed by atoms with Gasteiger partial charge in [-0.25, -0.2) is 4.79 Å². The van der Waals surface area contributed by atoms with Gasteiger partial charge in [-0.3, -0.25) is 24.1 Å². The summed E-state index contributed by atoms with van der Waals surface area (Å²) in [4.78, 5) is 70.2. The number of Topliss-reactive ketones (excluding diaryl/α,β-unsaturated/α-hetero) is 1. The Morgan fingerprint density at radius 3 is 1.67 bits per heavy atom. The summed E-state index contributed by atoms with van der Waals surface area (Å²) in [5.41, 5.74) is 8.99. The van der Waals surface area contributed by atoms with Crippen LogP contribution >= 0.6 is 0 Å². The van der Waals surface area contributed by atoms with Crippen molar-refractivity contribution in [2.24, 2.45) is 5.73 Å². The van der Waals surface area contributed by atoms with Crippen molar-refractivity contribution in [1.82, 2.24) is 10.2 Å². The molecule has 0 bridgehead atoms. The Bertz CT molecular complexity index is 1030. The lowest BCUT2D eigenvalue weighted by molar-refractivity contribution is -0.142. The quantitative estimate of drug-likeness (QED) is 0.343. The SMILES string of the molecule is CC(=O)CCC(C(=O)O)N1C(=O)c2c(C)c(C)c(C)c(C)c2C1=O.CCNC(=O)CCC(N)C(=O)O. The molecule has 2 unspecified atom stereocenters. The highest BCUT2D eigenvalue weighted by molar-refractivity contribution is 6.24. The van der Waals surface area contributed by atoms with Crippen molar-refractivity contribution in [3.8, 4) is 0 Å². The minimum atomic E-state index is -1.33. The van der Waals surface area contributed by atoms with Gasteiger partial charge in [-0.1, -0.05) is 0 Å². The first-order valence-corrected chi connectivity index (χ1v) is 11.6. The first kappa shape index (κ1) is 30.4. The molecule has 198 valence electrons. The van der Waals surface area contributed by atoms with E-state index in [1.54, 1.807) is 20.8 Å². The first-order chi connectivity index (χ1) is 16.7. The molecular formula is C25H35N3O8. The topological polar surface area (TPSA) is 184 Å². The molecular weight excluding hydrogens is 470 g/mol. The number of benzene rings is 1. The van der Waals surface area contributed by atoms with Gasteiger partial charge in [-0.2, -0.15) is 0 Å². The summed E-state index contributed by atoms with van der Waals surface area (Å²) in [6.45, 7) is 11.0. The van der Waals surface area contributed by atoms with Crippen LogP contribution in [0.1, 0.15) is 82.5 Å². The van der Waals surface area contributed by atoms with Gasteiger partial charge < -0.3 is 26.1 Å². The number of hydrogen-bond donors (Lipinski definition) is 4. The number of carbonyl (C=O) groups is 6. The molecule has 0 aromatic heterocycles. The molecule has 3 amide bonds. The zero-order valence-corrected chi connectivity index (χ0v) is 21.6. The molecule has 1 aromatic carbocycles. The smallest absolute Gasteiger partial charge is 0.326 e. The second-order valence-electron chi connectivity index (χ2n) is 8.76. The Balaban J connectivity index is 0.000000457. The lowest BCUT2D eigenvalue weighted by Crippen LogP contribution is -2.45. The van der Waals surface area contributed by atoms with Crippen molar-refractivity contribution in [3.63, 3.8) is 0 Å². The zero-order chi connectivity index (χ0) is 27.9. The number of nitrogens with zero attached hydrogens (tertiary/aromatic N) is 1. The van der Waals surface area contributed by atoms with E-state index in [2.05, 4.69) is 5.32 Å². The number of rotatable bonds is 10. The monoisotopic (exact) mass is 505 g/mol. The Labute approximate surface area is 210 Å². The molecule has 2 rings (SSSR count). The van der Waals surface area contributed by atoms with Crippen molar-refractivity contribution in [2.45, 2.75) is 79.3 Å². The molecule has 0 saturated carbocycles. The van der Waals surface area contributed by atoms with Crippen molar-refractivity contribution < 1.29 is 39.0 Å². The largest absolute Gasteiger partial charge is 0.480 e. The third-order valence-electron chi connectivity index (χ3n) is 6.29. The molecule has 0 fully saturated rings. The van der Waals surface area contributed by atoms with E-state index < -0.39 is 35.8 Å². The number of hydrogen-bond acceptors (Lipinski definition) is 7. The predicted octanol–water partition coefficient (Wildman–Crippen LogP) is 1.65. The lowest BCUT2D eigenvalue weighted by Gasteiger charge is -2.22. The third kappa shape index (κ3) is 6.97. The highest BCUT2D eigenvalue weighted by Crippen LogP contribution is 2.35. The van der Waals surface area contributed by atoms with E-state index in [-0.39, 0.29) is 48.5 Å². The summed E-state index contributed by atoms with van der Waals surface area (Å²) in [6, 6.07) is -2.27. The molecule has 0 spiro atoms. The molecule has 1 aliphatic heterocycles. The maximum Gasteiger partial charge on any atom is 0.326 e. The van der Waals surface area contributed by atoms with Gasteiger partial charge in [0.05, 0.1) is 11.1 Å². The number of nitrogens with one attached hydrogen (secondary N) is 1. The van der Waals surface area contributed by atoms with E-state index in [0.29, 0.717) is 17.7 Å². The third-order valence-corrected chi connectivity index (χ3v) is 6.29. The fourth-order valence-corrected chi connectivity index (χ4v) is 3.86. The summed E-state index contributed by atoms with van der Waals surface area (Å²) in [7, 11) is 0. The number of carboxylic acids is 2. The second kappa shape index (κ2) is 12.9. The summed E-state index contributed by atoms with van der Waals surface area (Å²) < 4.78 is 0. The van der Waals surface area contributed by atoms with Crippen LogP contribution in [0.4, 0.5) is 0 Å². The molecule has 5 N–H and O–H groups in total. The van der Waals surface area contributed by atoms with Gasteiger partial charge in [0.25, 0.3) is 11.8 Å². The molecule has 11 nitrogen and oxygen atoms in total. The van der Waals surface area contributed by atoms with E-state index in [0.717, 1.165) is 16.0 Å².